The molecule has 0 radical (unpaired) electrons. The van der Waals surface area contributed by atoms with E-state index >= 15 is 0 Å². The van der Waals surface area contributed by atoms with Crippen molar-refractivity contribution in [2.45, 2.75) is 38.4 Å². The van der Waals surface area contributed by atoms with Crippen LogP contribution >= 0.6 is 15.9 Å². The van der Waals surface area contributed by atoms with Crippen LogP contribution in [0.1, 0.15) is 34.1 Å². The van der Waals surface area contributed by atoms with Gasteiger partial charge in [-0.3, -0.25) is 4.79 Å². The quantitative estimate of drug-likeness (QED) is 0.724. The molecule has 86 valence electrons. The van der Waals surface area contributed by atoms with Crippen LogP contribution in [0.2, 0.25) is 0 Å². The maximum atomic E-state index is 12.0. The molecule has 0 aromatic heterocycles. The Morgan fingerprint density at radius 2 is 2.07 bits per heavy atom. The minimum absolute atomic E-state index is 0.0476. The number of nitriles is 1. The number of halogens is 1. The van der Waals surface area contributed by atoms with Crippen LogP contribution in [0.4, 0.5) is 0 Å². The summed E-state index contributed by atoms with van der Waals surface area (Å²) in [6, 6.07) is 2.07. The first-order valence-electron chi connectivity index (χ1n) is 5.14. The average Bonchev–Trinajstić information content (AvgIpc) is 2.09. The number of hydrogen-bond acceptors (Lipinski definition) is 2. The highest BCUT2D eigenvalue weighted by Crippen LogP contribution is 2.20. The Labute approximate surface area is 101 Å². The second-order valence-electron chi connectivity index (χ2n) is 4.53. The van der Waals surface area contributed by atoms with Gasteiger partial charge in [-0.1, -0.05) is 29.8 Å². The molecule has 0 heterocycles. The summed E-state index contributed by atoms with van der Waals surface area (Å²) in [5.74, 6) is 0.467. The summed E-state index contributed by atoms with van der Waals surface area (Å²) >= 11 is 3.35. The molecule has 0 atom stereocenters. The van der Waals surface area contributed by atoms with E-state index in [4.69, 9.17) is 5.26 Å². The van der Waals surface area contributed by atoms with E-state index in [-0.39, 0.29) is 5.91 Å². The predicted molar refractivity (Wildman–Crippen MR) is 64.7 cm³/mol. The molecule has 0 aliphatic carbocycles. The molecule has 1 amide bonds. The Morgan fingerprint density at radius 1 is 1.53 bits per heavy atom. The summed E-state index contributed by atoms with van der Waals surface area (Å²) in [5.41, 5.74) is 0. The van der Waals surface area contributed by atoms with E-state index in [1.165, 1.54) is 0 Å². The van der Waals surface area contributed by atoms with E-state index in [9.17, 15) is 4.79 Å². The van der Waals surface area contributed by atoms with Gasteiger partial charge in [-0.2, -0.15) is 5.26 Å². The maximum Gasteiger partial charge on any atom is 0.238 e. The first kappa shape index (κ1) is 14.4. The Bertz CT molecular complexity index is 250. The van der Waals surface area contributed by atoms with Gasteiger partial charge in [0.1, 0.15) is 0 Å². The second kappa shape index (κ2) is 6.12. The van der Waals surface area contributed by atoms with Crippen LogP contribution in [0.3, 0.4) is 0 Å². The molecule has 0 spiro atoms. The molecule has 0 saturated heterocycles. The van der Waals surface area contributed by atoms with Crippen molar-refractivity contribution < 1.29 is 4.79 Å². The SMILES string of the molecule is CC(C)CN(CCC#N)C(=O)C(C)(C)Br. The highest BCUT2D eigenvalue weighted by Gasteiger charge is 2.29. The van der Waals surface area contributed by atoms with E-state index < -0.39 is 4.32 Å². The lowest BCUT2D eigenvalue weighted by molar-refractivity contribution is -0.133. The molecule has 0 aliphatic rings. The Kier molecular flexibility index (Phi) is 5.89. The average molecular weight is 275 g/mol. The summed E-state index contributed by atoms with van der Waals surface area (Å²) in [5, 5.41) is 8.53. The normalized spacial score (nSPS) is 11.3. The zero-order chi connectivity index (χ0) is 12.1. The van der Waals surface area contributed by atoms with Crippen molar-refractivity contribution >= 4 is 21.8 Å². The zero-order valence-electron chi connectivity index (χ0n) is 9.88. The molecular weight excluding hydrogens is 256 g/mol. The van der Waals surface area contributed by atoms with Gasteiger partial charge in [0.15, 0.2) is 0 Å². The third-order valence-corrected chi connectivity index (χ3v) is 2.21. The Balaban J connectivity index is 4.49. The minimum Gasteiger partial charge on any atom is -0.340 e. The van der Waals surface area contributed by atoms with Gasteiger partial charge >= 0.3 is 0 Å². The summed E-state index contributed by atoms with van der Waals surface area (Å²) < 4.78 is -0.544. The summed E-state index contributed by atoms with van der Waals surface area (Å²) in [6.45, 7) is 9.00. The zero-order valence-corrected chi connectivity index (χ0v) is 11.5. The molecule has 0 bridgehead atoms. The van der Waals surface area contributed by atoms with Gasteiger partial charge in [0.05, 0.1) is 16.8 Å². The lowest BCUT2D eigenvalue weighted by Crippen LogP contribution is -2.43. The van der Waals surface area contributed by atoms with Gasteiger partial charge in [-0.15, -0.1) is 0 Å². The Hall–Kier alpha value is -0.560. The van der Waals surface area contributed by atoms with Gasteiger partial charge in [-0.25, -0.2) is 0 Å². The molecule has 0 N–H and O–H groups in total. The van der Waals surface area contributed by atoms with Crippen LogP contribution in [0.5, 0.6) is 0 Å². The lowest BCUT2D eigenvalue weighted by Gasteiger charge is -2.29. The van der Waals surface area contributed by atoms with E-state index in [2.05, 4.69) is 35.8 Å². The van der Waals surface area contributed by atoms with Gasteiger partial charge in [0, 0.05) is 13.1 Å². The number of amides is 1. The molecule has 0 unspecified atom stereocenters. The molecule has 0 aromatic rings. The number of carbonyl (C=O) groups is 1. The fourth-order valence-electron chi connectivity index (χ4n) is 1.28. The van der Waals surface area contributed by atoms with Crippen LogP contribution in [0, 0.1) is 17.2 Å². The molecule has 0 fully saturated rings. The summed E-state index contributed by atoms with van der Waals surface area (Å²) in [4.78, 5) is 13.7. The van der Waals surface area contributed by atoms with Crippen LogP contribution < -0.4 is 0 Å². The maximum absolute atomic E-state index is 12.0. The highest BCUT2D eigenvalue weighted by atomic mass is 79.9. The van der Waals surface area contributed by atoms with Crippen molar-refractivity contribution in [2.24, 2.45) is 5.92 Å². The first-order valence-corrected chi connectivity index (χ1v) is 5.93. The van der Waals surface area contributed by atoms with E-state index in [0.29, 0.717) is 25.4 Å². The van der Waals surface area contributed by atoms with Gasteiger partial charge in [-0.05, 0) is 19.8 Å². The number of carbonyl (C=O) groups excluding carboxylic acids is 1. The molecule has 4 heteroatoms. The van der Waals surface area contributed by atoms with Gasteiger partial charge in [0.2, 0.25) is 5.91 Å². The standard InChI is InChI=1S/C11H19BrN2O/c1-9(2)8-14(7-5-6-13)10(15)11(3,4)12/h9H,5,7-8H2,1-4H3. The van der Waals surface area contributed by atoms with E-state index in [1.54, 1.807) is 4.90 Å². The van der Waals surface area contributed by atoms with Crippen molar-refractivity contribution in [1.82, 2.24) is 4.90 Å². The fourth-order valence-corrected chi connectivity index (χ4v) is 1.53. The minimum atomic E-state index is -0.544. The topological polar surface area (TPSA) is 44.1 Å². The molecule has 0 rings (SSSR count). The van der Waals surface area contributed by atoms with Crippen molar-refractivity contribution in [3.8, 4) is 6.07 Å². The number of nitrogens with zero attached hydrogens (tertiary/aromatic N) is 2. The number of alkyl halides is 1. The third-order valence-electron chi connectivity index (χ3n) is 1.87. The van der Waals surface area contributed by atoms with Crippen LogP contribution in [0.25, 0.3) is 0 Å². The first-order chi connectivity index (χ1) is 6.79. The summed E-state index contributed by atoms with van der Waals surface area (Å²) in [6.07, 6.45) is 0.390. The molecule has 0 saturated carbocycles. The second-order valence-corrected chi connectivity index (χ2v) is 6.51. The predicted octanol–water partition coefficient (Wildman–Crippen LogP) is 2.56. The summed E-state index contributed by atoms with van der Waals surface area (Å²) in [7, 11) is 0. The largest absolute Gasteiger partial charge is 0.340 e. The third kappa shape index (κ3) is 5.78. The van der Waals surface area contributed by atoms with Gasteiger partial charge in [0.25, 0.3) is 0 Å². The Morgan fingerprint density at radius 3 is 2.40 bits per heavy atom. The van der Waals surface area contributed by atoms with Crippen LogP contribution in [-0.2, 0) is 4.79 Å². The molecule has 0 aliphatic heterocycles. The lowest BCUT2D eigenvalue weighted by atomic mass is 10.1. The molecular formula is C11H19BrN2O. The van der Waals surface area contributed by atoms with Crippen molar-refractivity contribution in [1.29, 1.82) is 5.26 Å². The van der Waals surface area contributed by atoms with Crippen molar-refractivity contribution in [2.75, 3.05) is 13.1 Å². The monoisotopic (exact) mass is 274 g/mol. The molecule has 0 aromatic carbocycles. The van der Waals surface area contributed by atoms with Gasteiger partial charge < -0.3 is 4.90 Å². The van der Waals surface area contributed by atoms with Crippen molar-refractivity contribution in [3.63, 3.8) is 0 Å². The molecule has 3 nitrogen and oxygen atoms in total. The van der Waals surface area contributed by atoms with E-state index in [1.807, 2.05) is 13.8 Å². The van der Waals surface area contributed by atoms with Crippen molar-refractivity contribution in [3.05, 3.63) is 0 Å². The van der Waals surface area contributed by atoms with Crippen LogP contribution in [0.15, 0.2) is 0 Å². The van der Waals surface area contributed by atoms with E-state index in [0.717, 1.165) is 0 Å². The number of hydrogen-bond donors (Lipinski definition) is 0. The van der Waals surface area contributed by atoms with Crippen LogP contribution in [-0.4, -0.2) is 28.2 Å². The fraction of sp³-hybridized carbons (Fsp3) is 0.818. The highest BCUT2D eigenvalue weighted by molar-refractivity contribution is 9.10. The number of rotatable bonds is 5. The molecule has 15 heavy (non-hydrogen) atoms. The smallest absolute Gasteiger partial charge is 0.238 e.